The van der Waals surface area contributed by atoms with E-state index in [0.717, 1.165) is 18.8 Å². The average molecular weight is 258 g/mol. The molecule has 0 aliphatic heterocycles. The van der Waals surface area contributed by atoms with Crippen LogP contribution in [0.25, 0.3) is 0 Å². The Balaban J connectivity index is 0.00000128. The largest absolute Gasteiger partial charge is 0.308 e. The van der Waals surface area contributed by atoms with E-state index >= 15 is 0 Å². The number of aryl methyl sites for hydroxylation is 2. The molecule has 88 valence electrons. The van der Waals surface area contributed by atoms with Crippen molar-refractivity contribution in [2.75, 3.05) is 0 Å². The molecule has 2 aromatic rings. The molecule has 16 heavy (non-hydrogen) atoms. The van der Waals surface area contributed by atoms with Gasteiger partial charge in [0, 0.05) is 36.8 Å². The van der Waals surface area contributed by atoms with Crippen LogP contribution in [0.15, 0.2) is 23.7 Å². The summed E-state index contributed by atoms with van der Waals surface area (Å²) in [5, 5.41) is 9.82. The van der Waals surface area contributed by atoms with Crippen LogP contribution in [0, 0.1) is 6.92 Å². The number of halogens is 1. The predicted octanol–water partition coefficient (Wildman–Crippen LogP) is 2.50. The highest BCUT2D eigenvalue weighted by Gasteiger charge is 2.02. The normalized spacial score (nSPS) is 10.1. The van der Waals surface area contributed by atoms with E-state index < -0.39 is 0 Å². The number of nitrogens with zero attached hydrogens (tertiary/aromatic N) is 2. The number of hydrogen-bond donors (Lipinski definition) is 1. The van der Waals surface area contributed by atoms with E-state index in [0.29, 0.717) is 0 Å². The summed E-state index contributed by atoms with van der Waals surface area (Å²) in [6.45, 7) is 3.87. The number of aromatic nitrogens is 2. The van der Waals surface area contributed by atoms with Crippen LogP contribution in [0.1, 0.15) is 16.1 Å². The molecule has 0 atom stereocenters. The molecule has 0 unspecified atom stereocenters. The second kappa shape index (κ2) is 6.03. The average Bonchev–Trinajstić information content (AvgIpc) is 2.77. The lowest BCUT2D eigenvalue weighted by Gasteiger charge is -2.01. The minimum absolute atomic E-state index is 0. The second-order valence-electron chi connectivity index (χ2n) is 3.60. The molecule has 0 saturated heterocycles. The molecule has 0 aliphatic carbocycles. The zero-order chi connectivity index (χ0) is 10.7. The molecule has 0 aromatic carbocycles. The molecule has 0 saturated carbocycles. The van der Waals surface area contributed by atoms with Crippen LogP contribution in [0.2, 0.25) is 0 Å². The molecule has 0 radical (unpaired) electrons. The van der Waals surface area contributed by atoms with Gasteiger partial charge in [0.05, 0.1) is 5.69 Å². The zero-order valence-corrected chi connectivity index (χ0v) is 11.1. The molecule has 0 amide bonds. The standard InChI is InChI=1S/C11H15N3S.ClH/c1-9-10(8-14(2)13-9)6-12-7-11-4-3-5-15-11;/h3-5,8,12H,6-7H2,1-2H3;1H. The number of thiophene rings is 1. The minimum atomic E-state index is 0. The third kappa shape index (κ3) is 3.33. The van der Waals surface area contributed by atoms with Gasteiger partial charge >= 0.3 is 0 Å². The molecule has 5 heteroatoms. The van der Waals surface area contributed by atoms with E-state index in [1.54, 1.807) is 11.3 Å². The van der Waals surface area contributed by atoms with E-state index in [1.165, 1.54) is 10.4 Å². The van der Waals surface area contributed by atoms with Gasteiger partial charge in [-0.3, -0.25) is 4.68 Å². The summed E-state index contributed by atoms with van der Waals surface area (Å²) in [5.74, 6) is 0. The molecule has 2 aromatic heterocycles. The van der Waals surface area contributed by atoms with Crippen molar-refractivity contribution in [3.05, 3.63) is 39.8 Å². The van der Waals surface area contributed by atoms with Crippen LogP contribution in [0.3, 0.4) is 0 Å². The van der Waals surface area contributed by atoms with Crippen LogP contribution in [0.5, 0.6) is 0 Å². The lowest BCUT2D eigenvalue weighted by molar-refractivity contribution is 0.697. The number of hydrogen-bond acceptors (Lipinski definition) is 3. The Bertz CT molecular complexity index is 422. The van der Waals surface area contributed by atoms with Crippen LogP contribution in [0.4, 0.5) is 0 Å². The Hall–Kier alpha value is -0.840. The number of rotatable bonds is 4. The maximum Gasteiger partial charge on any atom is 0.0638 e. The predicted molar refractivity (Wildman–Crippen MR) is 70.1 cm³/mol. The van der Waals surface area contributed by atoms with Crippen molar-refractivity contribution < 1.29 is 0 Å². The van der Waals surface area contributed by atoms with Crippen molar-refractivity contribution in [3.8, 4) is 0 Å². The lowest BCUT2D eigenvalue weighted by atomic mass is 10.2. The molecule has 2 heterocycles. The maximum absolute atomic E-state index is 4.31. The summed E-state index contributed by atoms with van der Waals surface area (Å²) in [6.07, 6.45) is 2.07. The van der Waals surface area contributed by atoms with Gasteiger partial charge in [0.15, 0.2) is 0 Å². The SMILES string of the molecule is Cc1nn(C)cc1CNCc1cccs1.Cl. The molecule has 3 nitrogen and oxygen atoms in total. The summed E-state index contributed by atoms with van der Waals surface area (Å²) < 4.78 is 1.86. The van der Waals surface area contributed by atoms with E-state index in [4.69, 9.17) is 0 Å². The van der Waals surface area contributed by atoms with Gasteiger partial charge < -0.3 is 5.32 Å². The van der Waals surface area contributed by atoms with Gasteiger partial charge in [0.2, 0.25) is 0 Å². The van der Waals surface area contributed by atoms with Crippen molar-refractivity contribution in [2.45, 2.75) is 20.0 Å². The first-order valence-electron chi connectivity index (χ1n) is 4.98. The summed E-state index contributed by atoms with van der Waals surface area (Å²) in [5.41, 5.74) is 2.38. The van der Waals surface area contributed by atoms with Crippen LogP contribution < -0.4 is 5.32 Å². The fraction of sp³-hybridized carbons (Fsp3) is 0.364. The van der Waals surface area contributed by atoms with Crippen LogP contribution >= 0.6 is 23.7 Å². The summed E-state index contributed by atoms with van der Waals surface area (Å²) >= 11 is 1.78. The molecule has 0 spiro atoms. The van der Waals surface area contributed by atoms with Crippen LogP contribution in [-0.2, 0) is 20.1 Å². The van der Waals surface area contributed by atoms with Crippen LogP contribution in [-0.4, -0.2) is 9.78 Å². The third-order valence-electron chi connectivity index (χ3n) is 2.31. The van der Waals surface area contributed by atoms with Crippen molar-refractivity contribution >= 4 is 23.7 Å². The summed E-state index contributed by atoms with van der Waals surface area (Å²) in [7, 11) is 1.95. The maximum atomic E-state index is 4.31. The summed E-state index contributed by atoms with van der Waals surface area (Å²) in [6, 6.07) is 4.23. The van der Waals surface area contributed by atoms with Gasteiger partial charge in [-0.2, -0.15) is 5.10 Å². The smallest absolute Gasteiger partial charge is 0.0638 e. The lowest BCUT2D eigenvalue weighted by Crippen LogP contribution is -2.11. The van der Waals surface area contributed by atoms with Gasteiger partial charge in [-0.1, -0.05) is 6.07 Å². The topological polar surface area (TPSA) is 29.9 Å². The fourth-order valence-corrected chi connectivity index (χ4v) is 2.23. The molecule has 0 fully saturated rings. The van der Waals surface area contributed by atoms with Gasteiger partial charge in [-0.15, -0.1) is 23.7 Å². The Morgan fingerprint density at radius 2 is 2.25 bits per heavy atom. The van der Waals surface area contributed by atoms with Gasteiger partial charge in [0.1, 0.15) is 0 Å². The first-order valence-corrected chi connectivity index (χ1v) is 5.86. The fourth-order valence-electron chi connectivity index (χ4n) is 1.56. The number of nitrogens with one attached hydrogen (secondary N) is 1. The summed E-state index contributed by atoms with van der Waals surface area (Å²) in [4.78, 5) is 1.37. The Morgan fingerprint density at radius 3 is 2.81 bits per heavy atom. The van der Waals surface area contributed by atoms with E-state index in [9.17, 15) is 0 Å². The molecular formula is C11H16ClN3S. The Labute approximate surface area is 106 Å². The third-order valence-corrected chi connectivity index (χ3v) is 3.19. The molecule has 0 aliphatic rings. The molecular weight excluding hydrogens is 242 g/mol. The Kier molecular flexibility index (Phi) is 4.99. The first-order chi connectivity index (χ1) is 7.25. The van der Waals surface area contributed by atoms with Gasteiger partial charge in [0.25, 0.3) is 0 Å². The first kappa shape index (κ1) is 13.2. The zero-order valence-electron chi connectivity index (χ0n) is 9.43. The second-order valence-corrected chi connectivity index (χ2v) is 4.63. The van der Waals surface area contributed by atoms with Gasteiger partial charge in [-0.05, 0) is 18.4 Å². The van der Waals surface area contributed by atoms with Crippen molar-refractivity contribution in [2.24, 2.45) is 7.05 Å². The molecule has 0 bridgehead atoms. The molecule has 1 N–H and O–H groups in total. The van der Waals surface area contributed by atoms with Crippen molar-refractivity contribution in [1.82, 2.24) is 15.1 Å². The highest BCUT2D eigenvalue weighted by molar-refractivity contribution is 7.09. The molecule has 2 rings (SSSR count). The quantitative estimate of drug-likeness (QED) is 0.912. The Morgan fingerprint density at radius 1 is 1.44 bits per heavy atom. The van der Waals surface area contributed by atoms with E-state index in [-0.39, 0.29) is 12.4 Å². The monoisotopic (exact) mass is 257 g/mol. The highest BCUT2D eigenvalue weighted by Crippen LogP contribution is 2.09. The van der Waals surface area contributed by atoms with Gasteiger partial charge in [-0.25, -0.2) is 0 Å². The van der Waals surface area contributed by atoms with Crippen molar-refractivity contribution in [3.63, 3.8) is 0 Å². The van der Waals surface area contributed by atoms with E-state index in [2.05, 4.69) is 34.1 Å². The highest BCUT2D eigenvalue weighted by atomic mass is 35.5. The minimum Gasteiger partial charge on any atom is -0.308 e. The van der Waals surface area contributed by atoms with E-state index in [1.807, 2.05) is 18.7 Å². The van der Waals surface area contributed by atoms with Crippen molar-refractivity contribution in [1.29, 1.82) is 0 Å².